The van der Waals surface area contributed by atoms with E-state index in [-0.39, 0.29) is 19.1 Å². The van der Waals surface area contributed by atoms with E-state index in [1.807, 2.05) is 44.2 Å². The maximum absolute atomic E-state index is 12.6. The Morgan fingerprint density at radius 1 is 1.06 bits per heavy atom. The lowest BCUT2D eigenvalue weighted by atomic mass is 9.96. The normalized spacial score (nSPS) is 14.9. The summed E-state index contributed by atoms with van der Waals surface area (Å²) in [6, 6.07) is 12.9. The Morgan fingerprint density at radius 3 is 2.28 bits per heavy atom. The summed E-state index contributed by atoms with van der Waals surface area (Å²) >= 11 is 6.42. The number of carbonyl (C=O) groups excluding carboxylic acids is 1. The van der Waals surface area contributed by atoms with Crippen LogP contribution < -0.4 is 4.74 Å². The number of rotatable bonds is 8. The number of amides is 1. The number of nitrogens with zero attached hydrogens (tertiary/aromatic N) is 1. The topological polar surface area (TPSA) is 82.1 Å². The second-order valence-electron chi connectivity index (χ2n) is 8.55. The van der Waals surface area contributed by atoms with Gasteiger partial charge in [-0.15, -0.1) is 0 Å². The minimum absolute atomic E-state index is 0.00379. The van der Waals surface area contributed by atoms with Gasteiger partial charge in [0.2, 0.25) is 0 Å². The van der Waals surface area contributed by atoms with E-state index < -0.39 is 15.5 Å². The highest BCUT2D eigenvalue weighted by Gasteiger charge is 2.23. The number of benzene rings is 2. The van der Waals surface area contributed by atoms with Crippen LogP contribution in [0.5, 0.6) is 5.75 Å². The number of carbonyl (C=O) groups is 1. The van der Waals surface area contributed by atoms with Crippen molar-refractivity contribution < 1.29 is 26.9 Å². The average molecular weight is 482 g/mol. The van der Waals surface area contributed by atoms with Crippen LogP contribution in [0.4, 0.5) is 0 Å². The smallest absolute Gasteiger partial charge is 0.264 e. The predicted octanol–water partition coefficient (Wildman–Crippen LogP) is 3.86. The number of morpholine rings is 1. The van der Waals surface area contributed by atoms with E-state index >= 15 is 0 Å². The standard InChI is InChI=1S/C23H28ClNO6S/c1-23(2,16-31-32(3,27)28)15-30-21-9-8-19(14-20(21)24)17-4-6-18(7-5-17)22(26)25-10-12-29-13-11-25/h4-9,14H,10-13,15-16H2,1-3H3. The molecule has 0 aromatic heterocycles. The van der Waals surface area contributed by atoms with Gasteiger partial charge in [-0.05, 0) is 35.4 Å². The largest absolute Gasteiger partial charge is 0.491 e. The summed E-state index contributed by atoms with van der Waals surface area (Å²) in [6.45, 7) is 6.29. The first-order valence-corrected chi connectivity index (χ1v) is 12.5. The molecule has 0 spiro atoms. The molecule has 7 nitrogen and oxygen atoms in total. The molecule has 1 fully saturated rings. The second kappa shape index (κ2) is 10.2. The fraction of sp³-hybridized carbons (Fsp3) is 0.435. The van der Waals surface area contributed by atoms with Crippen molar-refractivity contribution in [1.82, 2.24) is 4.90 Å². The maximum atomic E-state index is 12.6. The zero-order valence-electron chi connectivity index (χ0n) is 18.5. The highest BCUT2D eigenvalue weighted by Crippen LogP contribution is 2.32. The molecular formula is C23H28ClNO6S. The third-order valence-corrected chi connectivity index (χ3v) is 5.82. The highest BCUT2D eigenvalue weighted by atomic mass is 35.5. The first-order chi connectivity index (χ1) is 15.0. The van der Waals surface area contributed by atoms with Crippen molar-refractivity contribution in [3.63, 3.8) is 0 Å². The summed E-state index contributed by atoms with van der Waals surface area (Å²) in [7, 11) is -3.51. The molecule has 9 heteroatoms. The molecule has 0 aliphatic carbocycles. The minimum atomic E-state index is -3.51. The van der Waals surface area contributed by atoms with E-state index in [2.05, 4.69) is 0 Å². The molecule has 0 radical (unpaired) electrons. The van der Waals surface area contributed by atoms with Gasteiger partial charge in [0.15, 0.2) is 0 Å². The number of hydrogen-bond acceptors (Lipinski definition) is 6. The molecular weight excluding hydrogens is 454 g/mol. The molecule has 3 rings (SSSR count). The van der Waals surface area contributed by atoms with Crippen LogP contribution >= 0.6 is 11.6 Å². The monoisotopic (exact) mass is 481 g/mol. The molecule has 0 bridgehead atoms. The van der Waals surface area contributed by atoms with Crippen LogP contribution in [0.3, 0.4) is 0 Å². The minimum Gasteiger partial charge on any atom is -0.491 e. The van der Waals surface area contributed by atoms with Crippen molar-refractivity contribution in [2.45, 2.75) is 13.8 Å². The lowest BCUT2D eigenvalue weighted by Crippen LogP contribution is -2.40. The maximum Gasteiger partial charge on any atom is 0.264 e. The Hall–Kier alpha value is -2.13. The van der Waals surface area contributed by atoms with Crippen LogP contribution in [0.15, 0.2) is 42.5 Å². The zero-order chi connectivity index (χ0) is 23.4. The highest BCUT2D eigenvalue weighted by molar-refractivity contribution is 7.85. The van der Waals surface area contributed by atoms with Gasteiger partial charge < -0.3 is 14.4 Å². The van der Waals surface area contributed by atoms with Crippen LogP contribution in [0.25, 0.3) is 11.1 Å². The van der Waals surface area contributed by atoms with Crippen LogP contribution in [-0.4, -0.2) is 65.0 Å². The Bertz CT molecular complexity index is 1050. The zero-order valence-corrected chi connectivity index (χ0v) is 20.0. The predicted molar refractivity (Wildman–Crippen MR) is 124 cm³/mol. The molecule has 1 amide bonds. The summed E-state index contributed by atoms with van der Waals surface area (Å²) in [6.07, 6.45) is 1.02. The molecule has 2 aromatic carbocycles. The van der Waals surface area contributed by atoms with Gasteiger partial charge in [0.1, 0.15) is 5.75 Å². The van der Waals surface area contributed by atoms with Crippen molar-refractivity contribution >= 4 is 27.6 Å². The first kappa shape index (κ1) is 24.5. The molecule has 0 atom stereocenters. The molecule has 32 heavy (non-hydrogen) atoms. The van der Waals surface area contributed by atoms with Crippen LogP contribution in [-0.2, 0) is 19.0 Å². The van der Waals surface area contributed by atoms with E-state index in [0.29, 0.717) is 42.6 Å². The first-order valence-electron chi connectivity index (χ1n) is 10.3. The lowest BCUT2D eigenvalue weighted by molar-refractivity contribution is 0.0303. The van der Waals surface area contributed by atoms with Gasteiger partial charge in [-0.3, -0.25) is 8.98 Å². The molecule has 0 unspecified atom stereocenters. The third kappa shape index (κ3) is 6.93. The summed E-state index contributed by atoms with van der Waals surface area (Å²) in [4.78, 5) is 14.4. The van der Waals surface area contributed by atoms with E-state index in [1.54, 1.807) is 17.0 Å². The molecule has 0 N–H and O–H groups in total. The van der Waals surface area contributed by atoms with Crippen molar-refractivity contribution in [1.29, 1.82) is 0 Å². The van der Waals surface area contributed by atoms with E-state index in [0.717, 1.165) is 17.4 Å². The summed E-state index contributed by atoms with van der Waals surface area (Å²) < 4.78 is 38.4. The number of halogens is 1. The second-order valence-corrected chi connectivity index (χ2v) is 10.6. The lowest BCUT2D eigenvalue weighted by Gasteiger charge is -2.26. The number of hydrogen-bond donors (Lipinski definition) is 0. The average Bonchev–Trinajstić information content (AvgIpc) is 2.77. The quantitative estimate of drug-likeness (QED) is 0.532. The molecule has 2 aromatic rings. The van der Waals surface area contributed by atoms with E-state index in [1.165, 1.54) is 0 Å². The van der Waals surface area contributed by atoms with Crippen molar-refractivity contribution in [3.8, 4) is 16.9 Å². The van der Waals surface area contributed by atoms with Gasteiger partial charge in [-0.2, -0.15) is 8.42 Å². The van der Waals surface area contributed by atoms with Crippen LogP contribution in [0, 0.1) is 5.41 Å². The molecule has 174 valence electrons. The van der Waals surface area contributed by atoms with Gasteiger partial charge in [0.05, 0.1) is 37.7 Å². The molecule has 1 saturated heterocycles. The molecule has 0 saturated carbocycles. The molecule has 1 aliphatic rings. The Labute approximate surface area is 194 Å². The SMILES string of the molecule is CC(C)(COc1ccc(-c2ccc(C(=O)N3CCOCC3)cc2)cc1Cl)COS(C)(=O)=O. The van der Waals surface area contributed by atoms with Gasteiger partial charge in [-0.1, -0.05) is 43.6 Å². The Kier molecular flexibility index (Phi) is 7.82. The van der Waals surface area contributed by atoms with Gasteiger partial charge >= 0.3 is 0 Å². The fourth-order valence-corrected chi connectivity index (χ4v) is 3.90. The van der Waals surface area contributed by atoms with Gasteiger partial charge in [0.25, 0.3) is 16.0 Å². The Morgan fingerprint density at radius 2 is 1.69 bits per heavy atom. The van der Waals surface area contributed by atoms with E-state index in [4.69, 9.17) is 25.3 Å². The van der Waals surface area contributed by atoms with Crippen molar-refractivity contribution in [3.05, 3.63) is 53.1 Å². The fourth-order valence-electron chi connectivity index (χ4n) is 3.13. The summed E-state index contributed by atoms with van der Waals surface area (Å²) in [5.74, 6) is 0.506. The summed E-state index contributed by atoms with van der Waals surface area (Å²) in [5, 5.41) is 0.441. The third-order valence-electron chi connectivity index (χ3n) is 4.98. The number of ether oxygens (including phenoxy) is 2. The van der Waals surface area contributed by atoms with Crippen molar-refractivity contribution in [2.75, 3.05) is 45.8 Å². The van der Waals surface area contributed by atoms with Crippen LogP contribution in [0.2, 0.25) is 5.02 Å². The molecule has 1 heterocycles. The Balaban J connectivity index is 1.63. The molecule has 1 aliphatic heterocycles. The van der Waals surface area contributed by atoms with Crippen LogP contribution in [0.1, 0.15) is 24.2 Å². The summed E-state index contributed by atoms with van der Waals surface area (Å²) in [5.41, 5.74) is 1.94. The van der Waals surface area contributed by atoms with E-state index in [9.17, 15) is 13.2 Å². The van der Waals surface area contributed by atoms with Gasteiger partial charge in [0, 0.05) is 24.1 Å². The van der Waals surface area contributed by atoms with Gasteiger partial charge in [-0.25, -0.2) is 0 Å². The van der Waals surface area contributed by atoms with Crippen molar-refractivity contribution in [2.24, 2.45) is 5.41 Å².